The van der Waals surface area contributed by atoms with Crippen molar-refractivity contribution in [2.45, 2.75) is 31.2 Å². The second kappa shape index (κ2) is 3.26. The molecule has 0 aliphatic carbocycles. The van der Waals surface area contributed by atoms with Gasteiger partial charge in [-0.2, -0.15) is 0 Å². The van der Waals surface area contributed by atoms with Crippen LogP contribution in [-0.4, -0.2) is 12.6 Å². The highest BCUT2D eigenvalue weighted by Gasteiger charge is 2.20. The molecule has 1 aliphatic rings. The van der Waals surface area contributed by atoms with Crippen molar-refractivity contribution in [2.75, 3.05) is 11.4 Å². The Morgan fingerprint density at radius 2 is 2.15 bits per heavy atom. The standard InChI is InChI=1S/C11H15NS/c1-8(2)12-6-5-9-7-10(13)3-4-11(9)12/h3-4,7-8,13H,5-6H2,1-2H3. The number of hydrogen-bond acceptors (Lipinski definition) is 2. The Kier molecular flexibility index (Phi) is 2.24. The summed E-state index contributed by atoms with van der Waals surface area (Å²) in [5.41, 5.74) is 2.84. The molecular weight excluding hydrogens is 178 g/mol. The lowest BCUT2D eigenvalue weighted by molar-refractivity contribution is 0.710. The highest BCUT2D eigenvalue weighted by atomic mass is 32.1. The second-order valence-electron chi connectivity index (χ2n) is 3.85. The normalized spacial score (nSPS) is 15.2. The van der Waals surface area contributed by atoms with Crippen LogP contribution < -0.4 is 4.90 Å². The summed E-state index contributed by atoms with van der Waals surface area (Å²) in [5, 5.41) is 0. The summed E-state index contributed by atoms with van der Waals surface area (Å²) >= 11 is 4.35. The summed E-state index contributed by atoms with van der Waals surface area (Å²) in [5.74, 6) is 0. The molecule has 0 saturated carbocycles. The third kappa shape index (κ3) is 1.55. The maximum Gasteiger partial charge on any atom is 0.0402 e. The van der Waals surface area contributed by atoms with Crippen LogP contribution in [0.3, 0.4) is 0 Å². The molecule has 0 radical (unpaired) electrons. The monoisotopic (exact) mass is 193 g/mol. The van der Waals surface area contributed by atoms with Crippen LogP contribution in [0.25, 0.3) is 0 Å². The van der Waals surface area contributed by atoms with Gasteiger partial charge in [-0.25, -0.2) is 0 Å². The Morgan fingerprint density at radius 3 is 2.85 bits per heavy atom. The molecule has 2 heteroatoms. The van der Waals surface area contributed by atoms with E-state index >= 15 is 0 Å². The van der Waals surface area contributed by atoms with Crippen LogP contribution in [0.15, 0.2) is 23.1 Å². The Hall–Kier alpha value is -0.630. The van der Waals surface area contributed by atoms with Crippen molar-refractivity contribution in [1.82, 2.24) is 0 Å². The van der Waals surface area contributed by atoms with Crippen LogP contribution >= 0.6 is 12.6 Å². The van der Waals surface area contributed by atoms with Gasteiger partial charge in [0, 0.05) is 23.2 Å². The fourth-order valence-corrected chi connectivity index (χ4v) is 2.18. The number of anilines is 1. The number of benzene rings is 1. The van der Waals surface area contributed by atoms with Crippen molar-refractivity contribution in [3.8, 4) is 0 Å². The molecule has 0 aromatic heterocycles. The van der Waals surface area contributed by atoms with E-state index in [9.17, 15) is 0 Å². The molecule has 0 N–H and O–H groups in total. The van der Waals surface area contributed by atoms with E-state index in [0.717, 1.165) is 11.4 Å². The Balaban J connectivity index is 2.38. The predicted octanol–water partition coefficient (Wildman–Crippen LogP) is 2.75. The first-order valence-corrected chi connectivity index (χ1v) is 5.22. The van der Waals surface area contributed by atoms with E-state index in [1.54, 1.807) is 0 Å². The minimum atomic E-state index is 0.604. The molecule has 1 nitrogen and oxygen atoms in total. The quantitative estimate of drug-likeness (QED) is 0.671. The largest absolute Gasteiger partial charge is 0.369 e. The Bertz CT molecular complexity index is 320. The zero-order valence-corrected chi connectivity index (χ0v) is 9.01. The minimum Gasteiger partial charge on any atom is -0.369 e. The van der Waals surface area contributed by atoms with Crippen molar-refractivity contribution in [3.05, 3.63) is 23.8 Å². The molecule has 0 bridgehead atoms. The molecule has 0 unspecified atom stereocenters. The fraction of sp³-hybridized carbons (Fsp3) is 0.455. The second-order valence-corrected chi connectivity index (χ2v) is 4.37. The summed E-state index contributed by atoms with van der Waals surface area (Å²) in [7, 11) is 0. The fourth-order valence-electron chi connectivity index (χ4n) is 1.95. The Labute approximate surface area is 85.2 Å². The summed E-state index contributed by atoms with van der Waals surface area (Å²) in [4.78, 5) is 3.52. The maximum absolute atomic E-state index is 4.35. The average molecular weight is 193 g/mol. The maximum atomic E-state index is 4.35. The van der Waals surface area contributed by atoms with Crippen molar-refractivity contribution in [2.24, 2.45) is 0 Å². The van der Waals surface area contributed by atoms with Crippen LogP contribution in [0.2, 0.25) is 0 Å². The van der Waals surface area contributed by atoms with Gasteiger partial charge in [-0.3, -0.25) is 0 Å². The zero-order valence-electron chi connectivity index (χ0n) is 8.12. The van der Waals surface area contributed by atoms with Gasteiger partial charge in [-0.1, -0.05) is 0 Å². The van der Waals surface area contributed by atoms with Crippen molar-refractivity contribution in [1.29, 1.82) is 0 Å². The highest BCUT2D eigenvalue weighted by Crippen LogP contribution is 2.30. The SMILES string of the molecule is CC(C)N1CCc2cc(S)ccc21. The van der Waals surface area contributed by atoms with Gasteiger partial charge in [0.05, 0.1) is 0 Å². The van der Waals surface area contributed by atoms with E-state index in [1.807, 2.05) is 0 Å². The third-order valence-electron chi connectivity index (χ3n) is 2.62. The van der Waals surface area contributed by atoms with E-state index in [2.05, 4.69) is 49.6 Å². The van der Waals surface area contributed by atoms with Gasteiger partial charge >= 0.3 is 0 Å². The van der Waals surface area contributed by atoms with Crippen LogP contribution in [0.4, 0.5) is 5.69 Å². The number of rotatable bonds is 1. The first-order valence-electron chi connectivity index (χ1n) is 4.77. The Morgan fingerprint density at radius 1 is 1.38 bits per heavy atom. The molecule has 0 amide bonds. The average Bonchev–Trinajstić information content (AvgIpc) is 2.46. The molecule has 0 spiro atoms. The lowest BCUT2D eigenvalue weighted by Gasteiger charge is -2.23. The molecule has 13 heavy (non-hydrogen) atoms. The molecule has 1 aromatic rings. The first-order chi connectivity index (χ1) is 6.18. The summed E-state index contributed by atoms with van der Waals surface area (Å²) in [6, 6.07) is 7.04. The third-order valence-corrected chi connectivity index (χ3v) is 2.90. The predicted molar refractivity (Wildman–Crippen MR) is 59.9 cm³/mol. The van der Waals surface area contributed by atoms with E-state index in [-0.39, 0.29) is 0 Å². The molecule has 2 rings (SSSR count). The van der Waals surface area contributed by atoms with Gasteiger partial charge in [0.15, 0.2) is 0 Å². The van der Waals surface area contributed by atoms with E-state index < -0.39 is 0 Å². The van der Waals surface area contributed by atoms with Gasteiger partial charge in [0.2, 0.25) is 0 Å². The molecular formula is C11H15NS. The molecule has 1 aliphatic heterocycles. The smallest absolute Gasteiger partial charge is 0.0402 e. The summed E-state index contributed by atoms with van der Waals surface area (Å²) in [6.45, 7) is 5.64. The number of hydrogen-bond donors (Lipinski definition) is 1. The lowest BCUT2D eigenvalue weighted by atomic mass is 10.2. The first kappa shape index (κ1) is 8.95. The van der Waals surface area contributed by atoms with Gasteiger partial charge in [0.1, 0.15) is 0 Å². The van der Waals surface area contributed by atoms with Crippen LogP contribution in [-0.2, 0) is 6.42 Å². The number of fused-ring (bicyclic) bond motifs is 1. The van der Waals surface area contributed by atoms with Gasteiger partial charge in [-0.05, 0) is 44.0 Å². The van der Waals surface area contributed by atoms with E-state index in [4.69, 9.17) is 0 Å². The lowest BCUT2D eigenvalue weighted by Crippen LogP contribution is -2.28. The van der Waals surface area contributed by atoms with Gasteiger partial charge in [0.25, 0.3) is 0 Å². The molecule has 1 heterocycles. The molecule has 70 valence electrons. The zero-order chi connectivity index (χ0) is 9.42. The van der Waals surface area contributed by atoms with Gasteiger partial charge < -0.3 is 4.90 Å². The van der Waals surface area contributed by atoms with Crippen molar-refractivity contribution >= 4 is 18.3 Å². The highest BCUT2D eigenvalue weighted by molar-refractivity contribution is 7.80. The van der Waals surface area contributed by atoms with E-state index in [1.165, 1.54) is 17.7 Å². The molecule has 0 saturated heterocycles. The topological polar surface area (TPSA) is 3.24 Å². The number of nitrogens with zero attached hydrogens (tertiary/aromatic N) is 1. The van der Waals surface area contributed by atoms with Crippen LogP contribution in [0.1, 0.15) is 19.4 Å². The number of thiol groups is 1. The summed E-state index contributed by atoms with van der Waals surface area (Å²) < 4.78 is 0. The van der Waals surface area contributed by atoms with E-state index in [0.29, 0.717) is 6.04 Å². The van der Waals surface area contributed by atoms with Gasteiger partial charge in [-0.15, -0.1) is 12.6 Å². The molecule has 1 aromatic carbocycles. The molecule has 0 atom stereocenters. The van der Waals surface area contributed by atoms with Crippen molar-refractivity contribution < 1.29 is 0 Å². The molecule has 0 fully saturated rings. The van der Waals surface area contributed by atoms with Crippen LogP contribution in [0, 0.1) is 0 Å². The van der Waals surface area contributed by atoms with Crippen LogP contribution in [0.5, 0.6) is 0 Å². The van der Waals surface area contributed by atoms with Crippen molar-refractivity contribution in [3.63, 3.8) is 0 Å². The minimum absolute atomic E-state index is 0.604. The summed E-state index contributed by atoms with van der Waals surface area (Å²) in [6.07, 6.45) is 1.17.